The standard InChI is InChI=1S/C13H19ClFNO/c1-3-6-17-9-12(16-2)7-10-4-5-11(15)8-13(10)14/h4-5,8,12,16H,3,6-7,9H2,1-2H3. The van der Waals surface area contributed by atoms with Crippen molar-refractivity contribution in [3.8, 4) is 0 Å². The smallest absolute Gasteiger partial charge is 0.124 e. The highest BCUT2D eigenvalue weighted by atomic mass is 35.5. The highest BCUT2D eigenvalue weighted by molar-refractivity contribution is 6.31. The summed E-state index contributed by atoms with van der Waals surface area (Å²) in [6.07, 6.45) is 1.74. The van der Waals surface area contributed by atoms with Crippen molar-refractivity contribution in [2.45, 2.75) is 25.8 Å². The minimum atomic E-state index is -0.304. The van der Waals surface area contributed by atoms with Crippen molar-refractivity contribution in [3.05, 3.63) is 34.6 Å². The molecule has 0 spiro atoms. The van der Waals surface area contributed by atoms with Crippen LogP contribution in [0.4, 0.5) is 4.39 Å². The van der Waals surface area contributed by atoms with Crippen molar-refractivity contribution < 1.29 is 9.13 Å². The second-order valence-electron chi connectivity index (χ2n) is 4.00. The molecule has 0 aliphatic heterocycles. The molecular formula is C13H19ClFNO. The summed E-state index contributed by atoms with van der Waals surface area (Å²) in [4.78, 5) is 0. The molecule has 4 heteroatoms. The van der Waals surface area contributed by atoms with Crippen LogP contribution in [0, 0.1) is 5.82 Å². The van der Waals surface area contributed by atoms with E-state index in [4.69, 9.17) is 16.3 Å². The number of benzene rings is 1. The van der Waals surface area contributed by atoms with Crippen molar-refractivity contribution >= 4 is 11.6 Å². The fourth-order valence-electron chi connectivity index (χ4n) is 1.57. The van der Waals surface area contributed by atoms with Crippen molar-refractivity contribution in [1.29, 1.82) is 0 Å². The molecular weight excluding hydrogens is 241 g/mol. The van der Waals surface area contributed by atoms with E-state index in [0.29, 0.717) is 11.6 Å². The normalized spacial score (nSPS) is 12.7. The number of hydrogen-bond acceptors (Lipinski definition) is 2. The Bertz CT molecular complexity index is 346. The van der Waals surface area contributed by atoms with Crippen LogP contribution in [-0.2, 0) is 11.2 Å². The van der Waals surface area contributed by atoms with E-state index in [1.165, 1.54) is 12.1 Å². The third kappa shape index (κ3) is 5.02. The first-order valence-corrected chi connectivity index (χ1v) is 6.24. The fraction of sp³-hybridized carbons (Fsp3) is 0.538. The third-order valence-corrected chi connectivity index (χ3v) is 2.91. The van der Waals surface area contributed by atoms with Gasteiger partial charge in [-0.15, -0.1) is 0 Å². The fourth-order valence-corrected chi connectivity index (χ4v) is 1.81. The van der Waals surface area contributed by atoms with Crippen molar-refractivity contribution in [2.75, 3.05) is 20.3 Å². The molecule has 1 aromatic rings. The lowest BCUT2D eigenvalue weighted by atomic mass is 10.1. The number of nitrogens with one attached hydrogen (secondary N) is 1. The van der Waals surface area contributed by atoms with E-state index in [0.717, 1.165) is 25.0 Å². The topological polar surface area (TPSA) is 21.3 Å². The molecule has 0 saturated heterocycles. The van der Waals surface area contributed by atoms with Crippen molar-refractivity contribution in [1.82, 2.24) is 5.32 Å². The summed E-state index contributed by atoms with van der Waals surface area (Å²) in [5.74, 6) is -0.304. The predicted octanol–water partition coefficient (Wildman–Crippen LogP) is 3.04. The van der Waals surface area contributed by atoms with Crippen LogP contribution in [0.2, 0.25) is 5.02 Å². The van der Waals surface area contributed by atoms with Crippen LogP contribution < -0.4 is 5.32 Å². The summed E-state index contributed by atoms with van der Waals surface area (Å²) in [5.41, 5.74) is 0.938. The molecule has 1 atom stereocenters. The molecule has 0 aliphatic rings. The molecule has 0 aliphatic carbocycles. The van der Waals surface area contributed by atoms with Crippen LogP contribution >= 0.6 is 11.6 Å². The Morgan fingerprint density at radius 1 is 1.47 bits per heavy atom. The quantitative estimate of drug-likeness (QED) is 0.760. The Hall–Kier alpha value is -0.640. The number of hydrogen-bond donors (Lipinski definition) is 1. The molecule has 1 N–H and O–H groups in total. The third-order valence-electron chi connectivity index (χ3n) is 2.56. The Kier molecular flexibility index (Phi) is 6.48. The van der Waals surface area contributed by atoms with Crippen LogP contribution in [0.1, 0.15) is 18.9 Å². The maximum Gasteiger partial charge on any atom is 0.124 e. The Balaban J connectivity index is 2.54. The Morgan fingerprint density at radius 3 is 2.82 bits per heavy atom. The first-order valence-electron chi connectivity index (χ1n) is 5.86. The molecule has 1 rings (SSSR count). The van der Waals surface area contributed by atoms with Crippen LogP contribution in [-0.4, -0.2) is 26.3 Å². The van der Waals surface area contributed by atoms with Gasteiger partial charge in [0.15, 0.2) is 0 Å². The second-order valence-corrected chi connectivity index (χ2v) is 4.41. The molecule has 0 fully saturated rings. The molecule has 1 unspecified atom stereocenters. The minimum absolute atomic E-state index is 0.199. The van der Waals surface area contributed by atoms with Gasteiger partial charge in [-0.2, -0.15) is 0 Å². The van der Waals surface area contributed by atoms with E-state index >= 15 is 0 Å². The summed E-state index contributed by atoms with van der Waals surface area (Å²) in [7, 11) is 1.89. The Morgan fingerprint density at radius 2 is 2.24 bits per heavy atom. The van der Waals surface area contributed by atoms with E-state index in [-0.39, 0.29) is 11.9 Å². The molecule has 0 saturated carbocycles. The zero-order chi connectivity index (χ0) is 12.7. The lowest BCUT2D eigenvalue weighted by Crippen LogP contribution is -2.32. The van der Waals surface area contributed by atoms with E-state index in [9.17, 15) is 4.39 Å². The van der Waals surface area contributed by atoms with Gasteiger partial charge in [0.1, 0.15) is 5.82 Å². The first kappa shape index (κ1) is 14.4. The van der Waals surface area contributed by atoms with Crippen molar-refractivity contribution in [2.24, 2.45) is 0 Å². The number of likely N-dealkylation sites (N-methyl/N-ethyl adjacent to an activating group) is 1. The van der Waals surface area contributed by atoms with Gasteiger partial charge in [0.25, 0.3) is 0 Å². The van der Waals surface area contributed by atoms with Gasteiger partial charge >= 0.3 is 0 Å². The second kappa shape index (κ2) is 7.64. The summed E-state index contributed by atoms with van der Waals surface area (Å²) in [6, 6.07) is 4.70. The van der Waals surface area contributed by atoms with Gasteiger partial charge in [-0.1, -0.05) is 24.6 Å². The lowest BCUT2D eigenvalue weighted by Gasteiger charge is -2.17. The van der Waals surface area contributed by atoms with Crippen LogP contribution in [0.5, 0.6) is 0 Å². The maximum absolute atomic E-state index is 12.9. The molecule has 0 heterocycles. The molecule has 17 heavy (non-hydrogen) atoms. The number of halogens is 2. The molecule has 0 bridgehead atoms. The van der Waals surface area contributed by atoms with Crippen molar-refractivity contribution in [3.63, 3.8) is 0 Å². The monoisotopic (exact) mass is 259 g/mol. The molecule has 0 radical (unpaired) electrons. The van der Waals surface area contributed by atoms with E-state index < -0.39 is 0 Å². The average molecular weight is 260 g/mol. The van der Waals surface area contributed by atoms with Gasteiger partial charge in [-0.25, -0.2) is 4.39 Å². The first-order chi connectivity index (χ1) is 8.17. The lowest BCUT2D eigenvalue weighted by molar-refractivity contribution is 0.114. The highest BCUT2D eigenvalue weighted by Gasteiger charge is 2.10. The number of rotatable bonds is 7. The van der Waals surface area contributed by atoms with Gasteiger partial charge in [-0.05, 0) is 37.6 Å². The van der Waals surface area contributed by atoms with E-state index in [2.05, 4.69) is 12.2 Å². The van der Waals surface area contributed by atoms with Crippen LogP contribution in [0.15, 0.2) is 18.2 Å². The largest absolute Gasteiger partial charge is 0.380 e. The SMILES string of the molecule is CCCOCC(Cc1ccc(F)cc1Cl)NC. The van der Waals surface area contributed by atoms with E-state index in [1.807, 2.05) is 7.05 Å². The minimum Gasteiger partial charge on any atom is -0.380 e. The zero-order valence-electron chi connectivity index (χ0n) is 10.3. The van der Waals surface area contributed by atoms with Gasteiger partial charge in [0, 0.05) is 17.7 Å². The summed E-state index contributed by atoms with van der Waals surface area (Å²) in [5, 5.41) is 3.65. The molecule has 96 valence electrons. The van der Waals surface area contributed by atoms with Crippen LogP contribution in [0.3, 0.4) is 0 Å². The highest BCUT2D eigenvalue weighted by Crippen LogP contribution is 2.18. The maximum atomic E-state index is 12.9. The predicted molar refractivity (Wildman–Crippen MR) is 69.1 cm³/mol. The zero-order valence-corrected chi connectivity index (χ0v) is 11.1. The molecule has 0 aromatic heterocycles. The Labute approximate surface area is 107 Å². The molecule has 0 amide bonds. The summed E-state index contributed by atoms with van der Waals surface area (Å²) in [6.45, 7) is 3.47. The van der Waals surface area contributed by atoms with Gasteiger partial charge in [0.2, 0.25) is 0 Å². The average Bonchev–Trinajstić information content (AvgIpc) is 2.31. The molecule has 1 aromatic carbocycles. The number of ether oxygens (including phenoxy) is 1. The van der Waals surface area contributed by atoms with Gasteiger partial charge < -0.3 is 10.1 Å². The summed E-state index contributed by atoms with van der Waals surface area (Å²) >= 11 is 5.98. The van der Waals surface area contributed by atoms with Gasteiger partial charge in [0.05, 0.1) is 6.61 Å². The summed E-state index contributed by atoms with van der Waals surface area (Å²) < 4.78 is 18.4. The van der Waals surface area contributed by atoms with E-state index in [1.54, 1.807) is 6.07 Å². The van der Waals surface area contributed by atoms with Crippen LogP contribution in [0.25, 0.3) is 0 Å². The van der Waals surface area contributed by atoms with Gasteiger partial charge in [-0.3, -0.25) is 0 Å². The molecule has 2 nitrogen and oxygen atoms in total.